The van der Waals surface area contributed by atoms with Crippen LogP contribution in [0.25, 0.3) is 0 Å². The SMILES string of the molecule is COC(=O)C(=O)O.c1ccccc1. The molecule has 0 unspecified atom stereocenters. The van der Waals surface area contributed by atoms with E-state index in [-0.39, 0.29) is 0 Å². The molecule has 4 heteroatoms. The van der Waals surface area contributed by atoms with E-state index >= 15 is 0 Å². The van der Waals surface area contributed by atoms with Crippen molar-refractivity contribution < 1.29 is 19.4 Å². The molecule has 1 N–H and O–H groups in total. The van der Waals surface area contributed by atoms with Crippen LogP contribution in [0.3, 0.4) is 0 Å². The van der Waals surface area contributed by atoms with Crippen LogP contribution >= 0.6 is 0 Å². The van der Waals surface area contributed by atoms with Crippen molar-refractivity contribution in [2.45, 2.75) is 0 Å². The smallest absolute Gasteiger partial charge is 0.417 e. The lowest BCUT2D eigenvalue weighted by Gasteiger charge is -1.85. The predicted molar refractivity (Wildman–Crippen MR) is 46.1 cm³/mol. The van der Waals surface area contributed by atoms with Gasteiger partial charge in [-0.05, 0) is 0 Å². The Balaban J connectivity index is 0.000000223. The lowest BCUT2D eigenvalue weighted by atomic mass is 10.4. The van der Waals surface area contributed by atoms with Gasteiger partial charge in [0.05, 0.1) is 7.11 Å². The summed E-state index contributed by atoms with van der Waals surface area (Å²) in [6, 6.07) is 12.0. The molecule has 0 bridgehead atoms. The van der Waals surface area contributed by atoms with Crippen LogP contribution in [0, 0.1) is 0 Å². The molecule has 0 aliphatic heterocycles. The molecule has 0 saturated carbocycles. The van der Waals surface area contributed by atoms with Crippen LogP contribution in [0.2, 0.25) is 0 Å². The number of hydrogen-bond donors (Lipinski definition) is 1. The third-order valence-corrected chi connectivity index (χ3v) is 1.03. The summed E-state index contributed by atoms with van der Waals surface area (Å²) in [5, 5.41) is 7.71. The van der Waals surface area contributed by atoms with Gasteiger partial charge in [0.15, 0.2) is 0 Å². The number of carboxylic acid groups (broad SMARTS) is 1. The topological polar surface area (TPSA) is 63.6 Å². The second kappa shape index (κ2) is 6.84. The van der Waals surface area contributed by atoms with Crippen molar-refractivity contribution in [3.05, 3.63) is 36.4 Å². The van der Waals surface area contributed by atoms with Crippen LogP contribution in [0.4, 0.5) is 0 Å². The van der Waals surface area contributed by atoms with E-state index in [1.165, 1.54) is 0 Å². The molecule has 0 radical (unpaired) electrons. The Morgan fingerprint density at radius 1 is 1.00 bits per heavy atom. The van der Waals surface area contributed by atoms with Crippen molar-refractivity contribution in [2.24, 2.45) is 0 Å². The molecule has 0 saturated heterocycles. The summed E-state index contributed by atoms with van der Waals surface area (Å²) in [5.41, 5.74) is 0. The first-order valence-electron chi connectivity index (χ1n) is 3.49. The number of benzene rings is 1. The van der Waals surface area contributed by atoms with E-state index < -0.39 is 11.9 Å². The van der Waals surface area contributed by atoms with Crippen molar-refractivity contribution in [2.75, 3.05) is 7.11 Å². The van der Waals surface area contributed by atoms with Gasteiger partial charge in [0, 0.05) is 0 Å². The van der Waals surface area contributed by atoms with Crippen LogP contribution in [0.1, 0.15) is 0 Å². The second-order valence-corrected chi connectivity index (χ2v) is 1.95. The fourth-order valence-corrected chi connectivity index (χ4v) is 0.472. The molecule has 0 aliphatic carbocycles. The van der Waals surface area contributed by atoms with Crippen LogP contribution < -0.4 is 0 Å². The fraction of sp³-hybridized carbons (Fsp3) is 0.111. The van der Waals surface area contributed by atoms with Gasteiger partial charge in [-0.15, -0.1) is 0 Å². The second-order valence-electron chi connectivity index (χ2n) is 1.95. The molecule has 0 heterocycles. The largest absolute Gasteiger partial charge is 0.473 e. The minimum absolute atomic E-state index is 1.01. The summed E-state index contributed by atoms with van der Waals surface area (Å²) in [5.74, 6) is -2.80. The maximum Gasteiger partial charge on any atom is 0.417 e. The summed E-state index contributed by atoms with van der Waals surface area (Å²) >= 11 is 0. The molecular weight excluding hydrogens is 172 g/mol. The minimum Gasteiger partial charge on any atom is -0.473 e. The van der Waals surface area contributed by atoms with E-state index in [0.29, 0.717) is 0 Å². The zero-order chi connectivity index (χ0) is 10.1. The number of aliphatic carboxylic acids is 1. The number of esters is 1. The van der Waals surface area contributed by atoms with Gasteiger partial charge < -0.3 is 9.84 Å². The highest BCUT2D eigenvalue weighted by Gasteiger charge is 2.08. The first-order valence-corrected chi connectivity index (χ1v) is 3.49. The minimum atomic E-state index is -1.57. The number of methoxy groups -OCH3 is 1. The normalized spacial score (nSPS) is 7.77. The first-order chi connectivity index (χ1) is 6.18. The summed E-state index contributed by atoms with van der Waals surface area (Å²) in [6.45, 7) is 0. The van der Waals surface area contributed by atoms with E-state index in [4.69, 9.17) is 5.11 Å². The Bertz CT molecular complexity index is 229. The van der Waals surface area contributed by atoms with Crippen molar-refractivity contribution in [3.8, 4) is 0 Å². The van der Waals surface area contributed by atoms with Gasteiger partial charge in [-0.2, -0.15) is 0 Å². The van der Waals surface area contributed by atoms with Gasteiger partial charge in [0.1, 0.15) is 0 Å². The summed E-state index contributed by atoms with van der Waals surface area (Å²) in [7, 11) is 1.01. The van der Waals surface area contributed by atoms with Crippen LogP contribution in [-0.2, 0) is 14.3 Å². The van der Waals surface area contributed by atoms with Gasteiger partial charge in [-0.1, -0.05) is 36.4 Å². The molecule has 70 valence electrons. The van der Waals surface area contributed by atoms with E-state index in [9.17, 15) is 9.59 Å². The lowest BCUT2D eigenvalue weighted by Crippen LogP contribution is -2.13. The number of rotatable bonds is 0. The molecule has 0 fully saturated rings. The Hall–Kier alpha value is -1.84. The molecule has 0 aliphatic rings. The highest BCUT2D eigenvalue weighted by molar-refractivity contribution is 6.28. The number of hydrogen-bond acceptors (Lipinski definition) is 3. The van der Waals surface area contributed by atoms with E-state index in [1.807, 2.05) is 36.4 Å². The maximum absolute atomic E-state index is 9.69. The summed E-state index contributed by atoms with van der Waals surface area (Å²) in [6.07, 6.45) is 0. The Morgan fingerprint density at radius 2 is 1.31 bits per heavy atom. The van der Waals surface area contributed by atoms with Gasteiger partial charge in [0.2, 0.25) is 0 Å². The monoisotopic (exact) mass is 182 g/mol. The molecule has 0 amide bonds. The van der Waals surface area contributed by atoms with E-state index in [0.717, 1.165) is 7.11 Å². The zero-order valence-corrected chi connectivity index (χ0v) is 7.14. The average molecular weight is 182 g/mol. The molecule has 0 aromatic heterocycles. The Kier molecular flexibility index (Phi) is 5.88. The molecule has 13 heavy (non-hydrogen) atoms. The summed E-state index contributed by atoms with van der Waals surface area (Å²) in [4.78, 5) is 19.1. The lowest BCUT2D eigenvalue weighted by molar-refractivity contribution is -0.161. The van der Waals surface area contributed by atoms with Gasteiger partial charge >= 0.3 is 11.9 Å². The van der Waals surface area contributed by atoms with Crippen LogP contribution in [0.5, 0.6) is 0 Å². The Morgan fingerprint density at radius 3 is 1.38 bits per heavy atom. The third-order valence-electron chi connectivity index (χ3n) is 1.03. The first kappa shape index (κ1) is 11.2. The molecule has 1 aromatic rings. The van der Waals surface area contributed by atoms with Crippen LogP contribution in [0.15, 0.2) is 36.4 Å². The highest BCUT2D eigenvalue weighted by Crippen LogP contribution is 1.79. The number of carboxylic acids is 1. The zero-order valence-electron chi connectivity index (χ0n) is 7.14. The molecule has 0 spiro atoms. The van der Waals surface area contributed by atoms with Gasteiger partial charge in [0.25, 0.3) is 0 Å². The summed E-state index contributed by atoms with van der Waals surface area (Å²) < 4.78 is 3.77. The predicted octanol–water partition coefficient (Wildman–Crippen LogP) is 0.931. The van der Waals surface area contributed by atoms with Crippen molar-refractivity contribution in [1.82, 2.24) is 0 Å². The highest BCUT2D eigenvalue weighted by atomic mass is 16.5. The average Bonchev–Trinajstić information content (AvgIpc) is 2.20. The fourth-order valence-electron chi connectivity index (χ4n) is 0.472. The molecule has 4 nitrogen and oxygen atoms in total. The molecule has 1 rings (SSSR count). The molecule has 0 atom stereocenters. The third kappa shape index (κ3) is 6.55. The number of carbonyl (C=O) groups excluding carboxylic acids is 1. The Labute approximate surface area is 75.8 Å². The quantitative estimate of drug-likeness (QED) is 0.479. The van der Waals surface area contributed by atoms with E-state index in [2.05, 4.69) is 4.74 Å². The van der Waals surface area contributed by atoms with Crippen molar-refractivity contribution >= 4 is 11.9 Å². The van der Waals surface area contributed by atoms with Gasteiger partial charge in [-0.25, -0.2) is 9.59 Å². The maximum atomic E-state index is 9.69. The van der Waals surface area contributed by atoms with Crippen molar-refractivity contribution in [3.63, 3.8) is 0 Å². The van der Waals surface area contributed by atoms with Crippen LogP contribution in [-0.4, -0.2) is 24.2 Å². The van der Waals surface area contributed by atoms with E-state index in [1.54, 1.807) is 0 Å². The molecule has 1 aromatic carbocycles. The number of carbonyl (C=O) groups is 2. The van der Waals surface area contributed by atoms with Gasteiger partial charge in [-0.3, -0.25) is 0 Å². The number of ether oxygens (including phenoxy) is 1. The van der Waals surface area contributed by atoms with Crippen molar-refractivity contribution in [1.29, 1.82) is 0 Å². The molecular formula is C9H10O4. The standard InChI is InChI=1S/C6H6.C3H4O4/c1-2-4-6-5-3-1;1-7-3(6)2(4)5/h1-6H;1H3,(H,4,5).